The summed E-state index contributed by atoms with van der Waals surface area (Å²) in [5.74, 6) is 1.74. The Morgan fingerprint density at radius 1 is 0.909 bits per heavy atom. The lowest BCUT2D eigenvalue weighted by Gasteiger charge is -2.14. The van der Waals surface area contributed by atoms with Crippen LogP contribution < -0.4 is 15.2 Å². The van der Waals surface area contributed by atoms with E-state index in [1.54, 1.807) is 0 Å². The molecule has 22 heavy (non-hydrogen) atoms. The molecule has 3 nitrogen and oxygen atoms in total. The van der Waals surface area contributed by atoms with E-state index in [1.807, 2.05) is 6.07 Å². The van der Waals surface area contributed by atoms with E-state index in [0.29, 0.717) is 6.04 Å². The average molecular weight is 307 g/mol. The third kappa shape index (κ3) is 7.17. The number of ether oxygens (including phenoxy) is 2. The van der Waals surface area contributed by atoms with Gasteiger partial charge in [-0.3, -0.25) is 0 Å². The van der Waals surface area contributed by atoms with E-state index in [-0.39, 0.29) is 0 Å². The van der Waals surface area contributed by atoms with Crippen LogP contribution in [0.15, 0.2) is 18.2 Å². The van der Waals surface area contributed by atoms with Crippen molar-refractivity contribution in [2.24, 2.45) is 5.73 Å². The minimum absolute atomic E-state index is 0.341. The number of benzene rings is 1. The maximum atomic E-state index is 6.08. The van der Waals surface area contributed by atoms with Crippen LogP contribution in [0.3, 0.4) is 0 Å². The fourth-order valence-electron chi connectivity index (χ4n) is 2.45. The first-order chi connectivity index (χ1) is 10.7. The summed E-state index contributed by atoms with van der Waals surface area (Å²) in [4.78, 5) is 0. The van der Waals surface area contributed by atoms with Crippen LogP contribution >= 0.6 is 0 Å². The van der Waals surface area contributed by atoms with Crippen molar-refractivity contribution >= 4 is 0 Å². The fourth-order valence-corrected chi connectivity index (χ4v) is 2.45. The van der Waals surface area contributed by atoms with Crippen molar-refractivity contribution in [2.75, 3.05) is 13.2 Å². The maximum Gasteiger partial charge on any atom is 0.161 e. The Labute approximate surface area is 136 Å². The minimum atomic E-state index is 0.341. The zero-order chi connectivity index (χ0) is 16.2. The van der Waals surface area contributed by atoms with Gasteiger partial charge >= 0.3 is 0 Å². The number of aryl methyl sites for hydroxylation is 1. The van der Waals surface area contributed by atoms with Crippen LogP contribution in [0.1, 0.15) is 64.9 Å². The second-order valence-corrected chi connectivity index (χ2v) is 5.92. The number of hydrogen-bond donors (Lipinski definition) is 1. The molecule has 0 spiro atoms. The van der Waals surface area contributed by atoms with Crippen LogP contribution in [0.25, 0.3) is 0 Å². The Balaban J connectivity index is 2.59. The van der Waals surface area contributed by atoms with Crippen LogP contribution in [-0.4, -0.2) is 19.3 Å². The molecule has 3 heteroatoms. The molecule has 0 amide bonds. The van der Waals surface area contributed by atoms with Crippen molar-refractivity contribution in [3.05, 3.63) is 23.8 Å². The standard InChI is InChI=1S/C19H33NO2/c1-4-8-17(20)10-7-9-16-11-12-18(21-13-5-2)19(15-16)22-14-6-3/h11-12,15,17H,4-10,13-14,20H2,1-3H3. The molecule has 0 bridgehead atoms. The molecule has 1 rings (SSSR count). The monoisotopic (exact) mass is 307 g/mol. The van der Waals surface area contributed by atoms with Crippen molar-refractivity contribution in [1.82, 2.24) is 0 Å². The second kappa shape index (κ2) is 11.4. The van der Waals surface area contributed by atoms with Gasteiger partial charge < -0.3 is 15.2 Å². The first-order valence-corrected chi connectivity index (χ1v) is 8.85. The maximum absolute atomic E-state index is 6.08. The molecule has 0 heterocycles. The summed E-state index contributed by atoms with van der Waals surface area (Å²) in [6, 6.07) is 6.66. The molecule has 0 aliphatic rings. The molecular formula is C19H33NO2. The van der Waals surface area contributed by atoms with Gasteiger partial charge in [0, 0.05) is 6.04 Å². The van der Waals surface area contributed by atoms with E-state index in [4.69, 9.17) is 15.2 Å². The van der Waals surface area contributed by atoms with Gasteiger partial charge in [0.05, 0.1) is 13.2 Å². The third-order valence-corrected chi connectivity index (χ3v) is 3.63. The molecule has 1 aromatic carbocycles. The molecule has 0 aliphatic carbocycles. The molecule has 2 N–H and O–H groups in total. The number of nitrogens with two attached hydrogens (primary N) is 1. The van der Waals surface area contributed by atoms with Gasteiger partial charge in [0.2, 0.25) is 0 Å². The van der Waals surface area contributed by atoms with Crippen molar-refractivity contribution in [2.45, 2.75) is 71.8 Å². The van der Waals surface area contributed by atoms with Crippen molar-refractivity contribution < 1.29 is 9.47 Å². The van der Waals surface area contributed by atoms with E-state index in [0.717, 1.165) is 63.2 Å². The Morgan fingerprint density at radius 2 is 1.59 bits per heavy atom. The lowest BCUT2D eigenvalue weighted by atomic mass is 10.0. The first kappa shape index (κ1) is 18.8. The lowest BCUT2D eigenvalue weighted by Crippen LogP contribution is -2.19. The Kier molecular flexibility index (Phi) is 9.72. The molecule has 0 saturated carbocycles. The topological polar surface area (TPSA) is 44.5 Å². The average Bonchev–Trinajstić information content (AvgIpc) is 2.52. The summed E-state index contributed by atoms with van der Waals surface area (Å²) >= 11 is 0. The van der Waals surface area contributed by atoms with Gasteiger partial charge in [0.15, 0.2) is 11.5 Å². The zero-order valence-electron chi connectivity index (χ0n) is 14.6. The summed E-state index contributed by atoms with van der Waals surface area (Å²) in [5.41, 5.74) is 7.38. The Hall–Kier alpha value is -1.22. The van der Waals surface area contributed by atoms with Gasteiger partial charge in [0.1, 0.15) is 0 Å². The predicted molar refractivity (Wildman–Crippen MR) is 93.8 cm³/mol. The molecule has 0 aliphatic heterocycles. The zero-order valence-corrected chi connectivity index (χ0v) is 14.6. The van der Waals surface area contributed by atoms with Crippen LogP contribution in [0.2, 0.25) is 0 Å². The highest BCUT2D eigenvalue weighted by Crippen LogP contribution is 2.29. The third-order valence-electron chi connectivity index (χ3n) is 3.63. The van der Waals surface area contributed by atoms with Gasteiger partial charge in [-0.15, -0.1) is 0 Å². The molecule has 1 aromatic rings. The van der Waals surface area contributed by atoms with E-state index in [1.165, 1.54) is 12.0 Å². The molecular weight excluding hydrogens is 274 g/mol. The highest BCUT2D eigenvalue weighted by molar-refractivity contribution is 5.43. The summed E-state index contributed by atoms with van der Waals surface area (Å²) in [7, 11) is 0. The largest absolute Gasteiger partial charge is 0.490 e. The van der Waals surface area contributed by atoms with Gasteiger partial charge in [0.25, 0.3) is 0 Å². The van der Waals surface area contributed by atoms with E-state index in [9.17, 15) is 0 Å². The van der Waals surface area contributed by atoms with Gasteiger partial charge in [-0.1, -0.05) is 33.3 Å². The predicted octanol–water partition coefficient (Wildman–Crippen LogP) is 4.71. The van der Waals surface area contributed by atoms with Crippen LogP contribution in [0.5, 0.6) is 11.5 Å². The summed E-state index contributed by atoms with van der Waals surface area (Å²) < 4.78 is 11.6. The second-order valence-electron chi connectivity index (χ2n) is 5.92. The summed E-state index contributed by atoms with van der Waals surface area (Å²) in [5, 5.41) is 0. The van der Waals surface area contributed by atoms with E-state index >= 15 is 0 Å². The van der Waals surface area contributed by atoms with Gasteiger partial charge in [-0.2, -0.15) is 0 Å². The lowest BCUT2D eigenvalue weighted by molar-refractivity contribution is 0.268. The van der Waals surface area contributed by atoms with Gasteiger partial charge in [-0.05, 0) is 56.2 Å². The number of hydrogen-bond acceptors (Lipinski definition) is 3. The number of rotatable bonds is 12. The van der Waals surface area contributed by atoms with Crippen molar-refractivity contribution in [3.63, 3.8) is 0 Å². The first-order valence-electron chi connectivity index (χ1n) is 8.85. The molecule has 0 fully saturated rings. The SMILES string of the molecule is CCCOc1ccc(CCCC(N)CCC)cc1OCCC. The van der Waals surface area contributed by atoms with Crippen LogP contribution in [0, 0.1) is 0 Å². The highest BCUT2D eigenvalue weighted by Gasteiger charge is 2.08. The van der Waals surface area contributed by atoms with E-state index < -0.39 is 0 Å². The smallest absolute Gasteiger partial charge is 0.161 e. The van der Waals surface area contributed by atoms with Crippen molar-refractivity contribution in [1.29, 1.82) is 0 Å². The van der Waals surface area contributed by atoms with Crippen molar-refractivity contribution in [3.8, 4) is 11.5 Å². The fraction of sp³-hybridized carbons (Fsp3) is 0.684. The van der Waals surface area contributed by atoms with Crippen LogP contribution in [-0.2, 0) is 6.42 Å². The molecule has 126 valence electrons. The quantitative estimate of drug-likeness (QED) is 0.608. The molecule has 1 unspecified atom stereocenters. The van der Waals surface area contributed by atoms with Crippen LogP contribution in [0.4, 0.5) is 0 Å². The normalized spacial score (nSPS) is 12.2. The minimum Gasteiger partial charge on any atom is -0.490 e. The molecule has 0 aromatic heterocycles. The van der Waals surface area contributed by atoms with Gasteiger partial charge in [-0.25, -0.2) is 0 Å². The molecule has 0 saturated heterocycles. The molecule has 1 atom stereocenters. The molecule has 0 radical (unpaired) electrons. The highest BCUT2D eigenvalue weighted by atomic mass is 16.5. The Bertz CT molecular complexity index is 406. The van der Waals surface area contributed by atoms with E-state index in [2.05, 4.69) is 32.9 Å². The summed E-state index contributed by atoms with van der Waals surface area (Å²) in [6.45, 7) is 7.87. The Morgan fingerprint density at radius 3 is 2.23 bits per heavy atom. The summed E-state index contributed by atoms with van der Waals surface area (Å²) in [6.07, 6.45) is 7.56.